The van der Waals surface area contributed by atoms with E-state index in [4.69, 9.17) is 9.47 Å². The van der Waals surface area contributed by atoms with E-state index in [0.717, 1.165) is 29.6 Å². The van der Waals surface area contributed by atoms with Gasteiger partial charge in [0.25, 0.3) is 0 Å². The lowest BCUT2D eigenvalue weighted by Crippen LogP contribution is -2.50. The summed E-state index contributed by atoms with van der Waals surface area (Å²) in [5.74, 6) is 0.958. The summed E-state index contributed by atoms with van der Waals surface area (Å²) in [6.07, 6.45) is 2.08. The topological polar surface area (TPSA) is 30.5 Å². The van der Waals surface area contributed by atoms with Crippen LogP contribution in [0.5, 0.6) is 5.75 Å². The van der Waals surface area contributed by atoms with Crippen LogP contribution in [0.4, 0.5) is 0 Å². The van der Waals surface area contributed by atoms with Gasteiger partial charge in [-0.1, -0.05) is 22.9 Å². The molecular weight excluding hydrogens is 318 g/mol. The van der Waals surface area contributed by atoms with Crippen molar-refractivity contribution < 1.29 is 9.47 Å². The van der Waals surface area contributed by atoms with Gasteiger partial charge < -0.3 is 14.8 Å². The predicted molar refractivity (Wildman–Crippen MR) is 85.3 cm³/mol. The van der Waals surface area contributed by atoms with Crippen LogP contribution in [0.1, 0.15) is 45.2 Å². The lowest BCUT2D eigenvalue weighted by molar-refractivity contribution is -0.0731. The fourth-order valence-corrected chi connectivity index (χ4v) is 3.07. The third-order valence-electron chi connectivity index (χ3n) is 4.15. The molecule has 112 valence electrons. The van der Waals surface area contributed by atoms with Crippen molar-refractivity contribution in [3.63, 3.8) is 0 Å². The molecule has 0 spiro atoms. The van der Waals surface area contributed by atoms with E-state index in [1.54, 1.807) is 7.11 Å². The highest BCUT2D eigenvalue weighted by Gasteiger charge is 2.41. The molecular formula is C16H24BrNO2. The molecule has 0 saturated carbocycles. The Morgan fingerprint density at radius 1 is 1.55 bits per heavy atom. The zero-order valence-corrected chi connectivity index (χ0v) is 14.3. The molecule has 0 saturated heterocycles. The lowest BCUT2D eigenvalue weighted by atomic mass is 9.85. The highest BCUT2D eigenvalue weighted by atomic mass is 79.9. The summed E-state index contributed by atoms with van der Waals surface area (Å²) >= 11 is 3.55. The normalized spacial score (nSPS) is 26.8. The molecule has 0 aliphatic carbocycles. The van der Waals surface area contributed by atoms with Gasteiger partial charge in [0.2, 0.25) is 0 Å². The van der Waals surface area contributed by atoms with Gasteiger partial charge in [0.15, 0.2) is 0 Å². The van der Waals surface area contributed by atoms with E-state index in [0.29, 0.717) is 6.04 Å². The first kappa shape index (κ1) is 15.8. The van der Waals surface area contributed by atoms with E-state index in [1.807, 2.05) is 12.1 Å². The molecule has 1 N–H and O–H groups in total. The molecule has 1 aromatic carbocycles. The van der Waals surface area contributed by atoms with E-state index in [1.165, 1.54) is 5.56 Å². The summed E-state index contributed by atoms with van der Waals surface area (Å²) in [5, 5.41) is 3.63. The SMILES string of the molecule is CCCNC1CC(C)(C(C)OC)Oc2ccc(Br)cc21. The average Bonchev–Trinajstić information content (AvgIpc) is 2.44. The fraction of sp³-hybridized carbons (Fsp3) is 0.625. The van der Waals surface area contributed by atoms with Gasteiger partial charge in [-0.05, 0) is 45.0 Å². The number of ether oxygens (including phenoxy) is 2. The van der Waals surface area contributed by atoms with E-state index >= 15 is 0 Å². The highest BCUT2D eigenvalue weighted by Crippen LogP contribution is 2.42. The van der Waals surface area contributed by atoms with E-state index < -0.39 is 0 Å². The molecule has 3 nitrogen and oxygen atoms in total. The molecule has 0 aromatic heterocycles. The van der Waals surface area contributed by atoms with Crippen LogP contribution in [0.2, 0.25) is 0 Å². The maximum atomic E-state index is 6.25. The summed E-state index contributed by atoms with van der Waals surface area (Å²) in [7, 11) is 1.74. The predicted octanol–water partition coefficient (Wildman–Crippen LogP) is 4.07. The molecule has 0 amide bonds. The van der Waals surface area contributed by atoms with Crippen LogP contribution in [0.25, 0.3) is 0 Å². The quantitative estimate of drug-likeness (QED) is 0.875. The van der Waals surface area contributed by atoms with E-state index in [2.05, 4.69) is 48.1 Å². The second-order valence-electron chi connectivity index (χ2n) is 5.69. The van der Waals surface area contributed by atoms with Gasteiger partial charge in [-0.15, -0.1) is 0 Å². The molecule has 4 heteroatoms. The van der Waals surface area contributed by atoms with Crippen molar-refractivity contribution in [2.75, 3.05) is 13.7 Å². The molecule has 3 atom stereocenters. The minimum atomic E-state index is -0.305. The Balaban J connectivity index is 2.33. The van der Waals surface area contributed by atoms with Crippen molar-refractivity contribution in [2.45, 2.75) is 51.4 Å². The first-order chi connectivity index (χ1) is 9.50. The van der Waals surface area contributed by atoms with Crippen molar-refractivity contribution >= 4 is 15.9 Å². The molecule has 20 heavy (non-hydrogen) atoms. The Labute approximate surface area is 130 Å². The van der Waals surface area contributed by atoms with Crippen molar-refractivity contribution in [1.29, 1.82) is 0 Å². The van der Waals surface area contributed by atoms with Crippen molar-refractivity contribution in [3.8, 4) is 5.75 Å². The fourth-order valence-electron chi connectivity index (χ4n) is 2.69. The Kier molecular flexibility index (Phi) is 5.10. The number of rotatable bonds is 5. The van der Waals surface area contributed by atoms with Gasteiger partial charge in [0.05, 0.1) is 6.10 Å². The van der Waals surface area contributed by atoms with Crippen LogP contribution in [0.15, 0.2) is 22.7 Å². The van der Waals surface area contributed by atoms with Crippen LogP contribution in [0.3, 0.4) is 0 Å². The lowest BCUT2D eigenvalue weighted by Gasteiger charge is -2.43. The van der Waals surface area contributed by atoms with Crippen molar-refractivity contribution in [2.24, 2.45) is 0 Å². The third-order valence-corrected chi connectivity index (χ3v) is 4.65. The Hall–Kier alpha value is -0.580. The van der Waals surface area contributed by atoms with E-state index in [-0.39, 0.29) is 11.7 Å². The number of hydrogen-bond acceptors (Lipinski definition) is 3. The largest absolute Gasteiger partial charge is 0.484 e. The second kappa shape index (κ2) is 6.46. The van der Waals surface area contributed by atoms with Crippen LogP contribution >= 0.6 is 15.9 Å². The minimum Gasteiger partial charge on any atom is -0.484 e. The van der Waals surface area contributed by atoms with E-state index in [9.17, 15) is 0 Å². The number of fused-ring (bicyclic) bond motifs is 1. The smallest absolute Gasteiger partial charge is 0.134 e. The maximum Gasteiger partial charge on any atom is 0.134 e. The van der Waals surface area contributed by atoms with Gasteiger partial charge in [0, 0.05) is 29.6 Å². The first-order valence-electron chi connectivity index (χ1n) is 7.25. The molecule has 1 aliphatic heterocycles. The second-order valence-corrected chi connectivity index (χ2v) is 6.60. The first-order valence-corrected chi connectivity index (χ1v) is 8.04. The molecule has 0 fully saturated rings. The van der Waals surface area contributed by atoms with Gasteiger partial charge in [-0.2, -0.15) is 0 Å². The molecule has 0 radical (unpaired) electrons. The molecule has 3 unspecified atom stereocenters. The van der Waals surface area contributed by atoms with Gasteiger partial charge >= 0.3 is 0 Å². The van der Waals surface area contributed by atoms with Crippen LogP contribution < -0.4 is 10.1 Å². The standard InChI is InChI=1S/C16H24BrNO2/c1-5-8-18-14-10-16(3,11(2)19-4)20-15-7-6-12(17)9-13(14)15/h6-7,9,11,14,18H,5,8,10H2,1-4H3. The minimum absolute atomic E-state index is 0.0465. The van der Waals surface area contributed by atoms with Crippen LogP contribution in [-0.4, -0.2) is 25.4 Å². The summed E-state index contributed by atoms with van der Waals surface area (Å²) in [5.41, 5.74) is 0.926. The van der Waals surface area contributed by atoms with Crippen molar-refractivity contribution in [3.05, 3.63) is 28.2 Å². The zero-order chi connectivity index (χ0) is 14.8. The summed E-state index contributed by atoms with van der Waals surface area (Å²) in [6.45, 7) is 7.40. The van der Waals surface area contributed by atoms with Gasteiger partial charge in [0.1, 0.15) is 11.4 Å². The maximum absolute atomic E-state index is 6.25. The molecule has 0 bridgehead atoms. The zero-order valence-electron chi connectivity index (χ0n) is 12.7. The Morgan fingerprint density at radius 2 is 2.30 bits per heavy atom. The number of nitrogens with one attached hydrogen (secondary N) is 1. The Morgan fingerprint density at radius 3 is 2.95 bits per heavy atom. The number of hydrogen-bond donors (Lipinski definition) is 1. The average molecular weight is 342 g/mol. The Bertz CT molecular complexity index is 466. The highest BCUT2D eigenvalue weighted by molar-refractivity contribution is 9.10. The van der Waals surface area contributed by atoms with Crippen LogP contribution in [0, 0.1) is 0 Å². The summed E-state index contributed by atoms with van der Waals surface area (Å²) < 4.78 is 12.9. The monoisotopic (exact) mass is 341 g/mol. The van der Waals surface area contributed by atoms with Crippen LogP contribution in [-0.2, 0) is 4.74 Å². The summed E-state index contributed by atoms with van der Waals surface area (Å²) in [6, 6.07) is 6.53. The number of benzene rings is 1. The van der Waals surface area contributed by atoms with Gasteiger partial charge in [-0.25, -0.2) is 0 Å². The van der Waals surface area contributed by atoms with Crippen molar-refractivity contribution in [1.82, 2.24) is 5.32 Å². The third kappa shape index (κ3) is 3.18. The number of methoxy groups -OCH3 is 1. The molecule has 1 heterocycles. The molecule has 1 aromatic rings. The number of halogens is 1. The molecule has 2 rings (SSSR count). The van der Waals surface area contributed by atoms with Gasteiger partial charge in [-0.3, -0.25) is 0 Å². The summed E-state index contributed by atoms with van der Waals surface area (Å²) in [4.78, 5) is 0. The molecule has 1 aliphatic rings.